The minimum atomic E-state index is -4.68. The zero-order chi connectivity index (χ0) is 17.4. The quantitative estimate of drug-likeness (QED) is 0.303. The summed E-state index contributed by atoms with van der Waals surface area (Å²) in [5.41, 5.74) is -1.84. The number of halogens is 3. The SMILES string of the molecule is [CH-]=CC=[C-]C(=O)C[C@](C)(B1OC(C)(C)C(C)(C)O1)C(F)(F)F.[Y]. The van der Waals surface area contributed by atoms with Gasteiger partial charge in [-0.3, -0.25) is 0 Å². The first-order chi connectivity index (χ1) is 9.77. The molecule has 0 unspecified atom stereocenters. The first-order valence-corrected chi connectivity index (χ1v) is 6.85. The molecule has 1 aliphatic rings. The van der Waals surface area contributed by atoms with E-state index in [4.69, 9.17) is 15.9 Å². The predicted octanol–water partition coefficient (Wildman–Crippen LogP) is 3.71. The van der Waals surface area contributed by atoms with E-state index in [0.717, 1.165) is 19.1 Å². The molecule has 3 nitrogen and oxygen atoms in total. The third-order valence-corrected chi connectivity index (χ3v) is 4.29. The van der Waals surface area contributed by atoms with E-state index in [-0.39, 0.29) is 32.7 Å². The second-order valence-electron chi connectivity index (χ2n) is 6.61. The van der Waals surface area contributed by atoms with E-state index in [0.29, 0.717) is 0 Å². The smallest absolute Gasteiger partial charge is 0.403 e. The molecule has 1 saturated heterocycles. The maximum absolute atomic E-state index is 13.6. The van der Waals surface area contributed by atoms with Crippen molar-refractivity contribution >= 4 is 12.9 Å². The number of ketones is 1. The Hall–Kier alpha value is 0.0288. The van der Waals surface area contributed by atoms with Gasteiger partial charge in [-0.1, -0.05) is 6.92 Å². The van der Waals surface area contributed by atoms with Gasteiger partial charge in [0.25, 0.3) is 0 Å². The summed E-state index contributed by atoms with van der Waals surface area (Å²) in [5, 5.41) is -2.48. The molecule has 0 amide bonds. The van der Waals surface area contributed by atoms with Crippen molar-refractivity contribution in [2.45, 2.75) is 63.7 Å². The fraction of sp³-hybridized carbons (Fsp3) is 0.667. The van der Waals surface area contributed by atoms with Gasteiger partial charge in [0.1, 0.15) is 5.31 Å². The topological polar surface area (TPSA) is 35.5 Å². The molecule has 0 aromatic heterocycles. The Labute approximate surface area is 161 Å². The molecule has 1 heterocycles. The van der Waals surface area contributed by atoms with Crippen molar-refractivity contribution in [3.63, 3.8) is 0 Å². The molecule has 0 aromatic carbocycles. The molecule has 0 aromatic rings. The van der Waals surface area contributed by atoms with Crippen LogP contribution in [0.25, 0.3) is 0 Å². The summed E-state index contributed by atoms with van der Waals surface area (Å²) in [4.78, 5) is 11.7. The zero-order valence-corrected chi connectivity index (χ0v) is 16.8. The molecule has 1 atom stereocenters. The molecule has 1 aliphatic heterocycles. The van der Waals surface area contributed by atoms with Gasteiger partial charge in [0, 0.05) is 44.9 Å². The molecule has 8 heteroatoms. The number of carbonyl (C=O) groups excluding carboxylic acids is 1. The number of alkyl halides is 3. The van der Waals surface area contributed by atoms with Crippen LogP contribution in [0.4, 0.5) is 13.2 Å². The van der Waals surface area contributed by atoms with E-state index in [1.165, 1.54) is 0 Å². The van der Waals surface area contributed by atoms with Crippen LogP contribution in [0.5, 0.6) is 0 Å². The Morgan fingerprint density at radius 2 is 1.65 bits per heavy atom. The fourth-order valence-corrected chi connectivity index (χ4v) is 1.95. The number of allylic oxidation sites excluding steroid dienone is 3. The van der Waals surface area contributed by atoms with Crippen LogP contribution in [0.3, 0.4) is 0 Å². The van der Waals surface area contributed by atoms with Gasteiger partial charge in [-0.15, -0.1) is 0 Å². The minimum absolute atomic E-state index is 0. The van der Waals surface area contributed by atoms with Gasteiger partial charge < -0.3 is 38.9 Å². The van der Waals surface area contributed by atoms with Crippen molar-refractivity contribution < 1.29 is 60.0 Å². The molecule has 0 bridgehead atoms. The van der Waals surface area contributed by atoms with E-state index in [9.17, 15) is 18.0 Å². The Balaban J connectivity index is 0.00000484. The molecular formula is C15H20BF3O3Y-2. The monoisotopic (exact) mass is 405 g/mol. The van der Waals surface area contributed by atoms with Crippen LogP contribution in [0, 0.1) is 12.7 Å². The maximum atomic E-state index is 13.6. The third kappa shape index (κ3) is 4.77. The van der Waals surface area contributed by atoms with Crippen molar-refractivity contribution in [2.24, 2.45) is 0 Å². The van der Waals surface area contributed by atoms with E-state index in [1.54, 1.807) is 27.7 Å². The van der Waals surface area contributed by atoms with Gasteiger partial charge >= 0.3 is 13.3 Å². The van der Waals surface area contributed by atoms with Crippen molar-refractivity contribution in [1.29, 1.82) is 0 Å². The molecule has 127 valence electrons. The number of hydrogen-bond donors (Lipinski definition) is 0. The van der Waals surface area contributed by atoms with Crippen molar-refractivity contribution in [3.8, 4) is 0 Å². The van der Waals surface area contributed by atoms with E-state index in [2.05, 4.69) is 6.08 Å². The van der Waals surface area contributed by atoms with E-state index in [1.807, 2.05) is 0 Å². The van der Waals surface area contributed by atoms with Crippen molar-refractivity contribution in [1.82, 2.24) is 0 Å². The average molecular weight is 405 g/mol. The number of rotatable bonds is 5. The van der Waals surface area contributed by atoms with E-state index >= 15 is 0 Å². The number of Topliss-reactive ketones (excluding diaryl/α,β-unsaturated/α-hetero) is 1. The molecule has 0 aliphatic carbocycles. The molecule has 1 radical (unpaired) electrons. The Kier molecular flexibility index (Phi) is 7.51. The molecule has 1 rings (SSSR count). The first kappa shape index (κ1) is 23.0. The average Bonchev–Trinajstić information content (AvgIpc) is 2.54. The Morgan fingerprint density at radius 1 is 1.22 bits per heavy atom. The Morgan fingerprint density at radius 3 is 2.00 bits per heavy atom. The van der Waals surface area contributed by atoms with Crippen LogP contribution in [-0.4, -0.2) is 30.3 Å². The van der Waals surface area contributed by atoms with Crippen molar-refractivity contribution in [2.75, 3.05) is 0 Å². The van der Waals surface area contributed by atoms with Crippen LogP contribution < -0.4 is 0 Å². The second-order valence-corrected chi connectivity index (χ2v) is 6.61. The van der Waals surface area contributed by atoms with Gasteiger partial charge in [0.2, 0.25) is 0 Å². The summed E-state index contributed by atoms with van der Waals surface area (Å²) in [5.74, 6) is -0.823. The molecule has 0 spiro atoms. The summed E-state index contributed by atoms with van der Waals surface area (Å²) in [7, 11) is -1.58. The zero-order valence-electron chi connectivity index (χ0n) is 14.0. The van der Waals surface area contributed by atoms with Gasteiger partial charge in [-0.2, -0.15) is 13.2 Å². The normalized spacial score (nSPS) is 22.5. The minimum Gasteiger partial charge on any atom is -0.403 e. The molecule has 23 heavy (non-hydrogen) atoms. The van der Waals surface area contributed by atoms with Crippen molar-refractivity contribution in [3.05, 3.63) is 24.8 Å². The fourth-order valence-electron chi connectivity index (χ4n) is 1.95. The Bertz CT molecular complexity index is 473. The van der Waals surface area contributed by atoms with Crippen LogP contribution in [0.15, 0.2) is 12.2 Å². The standard InChI is InChI=1S/C15H20BF3O3.Y/c1-7-8-9-11(20)10-14(6,15(17,18)19)16-21-12(2,3)13(4,5)22-16;/h1,7-8H,10H2,2-6H3;/q-2;/t14-;/m0./s1. The van der Waals surface area contributed by atoms with Crippen LogP contribution >= 0.6 is 0 Å². The van der Waals surface area contributed by atoms with Gasteiger partial charge in [0.05, 0.1) is 11.2 Å². The van der Waals surface area contributed by atoms with Gasteiger partial charge in [-0.25, -0.2) is 0 Å². The number of hydrogen-bond acceptors (Lipinski definition) is 3. The largest absolute Gasteiger partial charge is 0.473 e. The summed E-state index contributed by atoms with van der Waals surface area (Å²) >= 11 is 0. The van der Waals surface area contributed by atoms with Crippen LogP contribution in [-0.2, 0) is 46.8 Å². The van der Waals surface area contributed by atoms with Gasteiger partial charge in [-0.05, 0) is 27.7 Å². The molecule has 0 N–H and O–H groups in total. The predicted molar refractivity (Wildman–Crippen MR) is 76.8 cm³/mol. The summed E-state index contributed by atoms with van der Waals surface area (Å²) in [6, 6.07) is 0. The molecule has 0 saturated carbocycles. The number of carbonyl (C=O) groups is 1. The molecule has 1 fully saturated rings. The maximum Gasteiger partial charge on any atom is 0.473 e. The van der Waals surface area contributed by atoms with Crippen LogP contribution in [0.1, 0.15) is 41.0 Å². The third-order valence-electron chi connectivity index (χ3n) is 4.29. The van der Waals surface area contributed by atoms with E-state index < -0.39 is 42.0 Å². The summed E-state index contributed by atoms with van der Waals surface area (Å²) in [6.45, 7) is 12.6. The first-order valence-electron chi connectivity index (χ1n) is 6.85. The second kappa shape index (κ2) is 7.50. The summed E-state index contributed by atoms with van der Waals surface area (Å²) in [6.07, 6.45) is -1.25. The van der Waals surface area contributed by atoms with Gasteiger partial charge in [0.15, 0.2) is 0 Å². The molecular weight excluding hydrogens is 385 g/mol. The summed E-state index contributed by atoms with van der Waals surface area (Å²) < 4.78 is 51.7. The van der Waals surface area contributed by atoms with Crippen LogP contribution in [0.2, 0.25) is 5.31 Å².